The Hall–Kier alpha value is -3.22. The van der Waals surface area contributed by atoms with Gasteiger partial charge < -0.3 is 9.80 Å². The number of hydrogen-bond acceptors (Lipinski definition) is 5. The minimum Gasteiger partial charge on any atom is -0.366 e. The lowest BCUT2D eigenvalue weighted by molar-refractivity contribution is 0.592. The van der Waals surface area contributed by atoms with Crippen LogP contribution in [-0.2, 0) is 6.42 Å². The summed E-state index contributed by atoms with van der Waals surface area (Å²) < 4.78 is 16.2. The van der Waals surface area contributed by atoms with Crippen LogP contribution in [0.2, 0.25) is 0 Å². The molecule has 1 aliphatic rings. The van der Waals surface area contributed by atoms with Crippen molar-refractivity contribution in [1.82, 2.24) is 19.6 Å². The number of anilines is 2. The lowest BCUT2D eigenvalue weighted by atomic mass is 10.2. The van der Waals surface area contributed by atoms with Crippen LogP contribution < -0.4 is 9.80 Å². The molecule has 0 saturated carbocycles. The highest BCUT2D eigenvalue weighted by atomic mass is 19.1. The average Bonchev–Trinajstić information content (AvgIpc) is 3.18. The first-order valence-electron chi connectivity index (χ1n) is 9.63. The van der Waals surface area contributed by atoms with Crippen molar-refractivity contribution >= 4 is 28.2 Å². The normalized spacial score (nSPS) is 14.9. The predicted molar refractivity (Wildman–Crippen MR) is 108 cm³/mol. The van der Waals surface area contributed by atoms with Gasteiger partial charge in [0.1, 0.15) is 11.6 Å². The largest absolute Gasteiger partial charge is 0.366 e. The van der Waals surface area contributed by atoms with Crippen LogP contribution in [0.3, 0.4) is 0 Å². The standard InChI is InChI=1S/C21H21FN6/c1-2-19-24-25-20-15-7-3-5-9-17(15)23-21(28(19)20)27-13-11-26(12-14-27)18-10-6-4-8-16(18)22/h3-10H,2,11-14H2,1H3. The summed E-state index contributed by atoms with van der Waals surface area (Å²) in [5.74, 6) is 1.60. The van der Waals surface area contributed by atoms with Crippen LogP contribution in [0.4, 0.5) is 16.0 Å². The van der Waals surface area contributed by atoms with E-state index in [1.54, 1.807) is 6.07 Å². The minimum absolute atomic E-state index is 0.172. The van der Waals surface area contributed by atoms with E-state index in [0.29, 0.717) is 5.69 Å². The summed E-state index contributed by atoms with van der Waals surface area (Å²) >= 11 is 0. The monoisotopic (exact) mass is 376 g/mol. The summed E-state index contributed by atoms with van der Waals surface area (Å²) in [5, 5.41) is 9.82. The van der Waals surface area contributed by atoms with Crippen LogP contribution in [0.1, 0.15) is 12.7 Å². The van der Waals surface area contributed by atoms with Gasteiger partial charge in [0, 0.05) is 38.0 Å². The van der Waals surface area contributed by atoms with Crippen molar-refractivity contribution < 1.29 is 4.39 Å². The van der Waals surface area contributed by atoms with Crippen molar-refractivity contribution in [3.63, 3.8) is 0 Å². The second-order valence-corrected chi connectivity index (χ2v) is 6.98. The Morgan fingerprint density at radius 3 is 2.39 bits per heavy atom. The van der Waals surface area contributed by atoms with Crippen LogP contribution in [-0.4, -0.2) is 45.8 Å². The van der Waals surface area contributed by atoms with Gasteiger partial charge in [0.05, 0.1) is 11.2 Å². The number of hydrogen-bond donors (Lipinski definition) is 0. The lowest BCUT2D eigenvalue weighted by Crippen LogP contribution is -2.47. The number of halogens is 1. The molecule has 1 aliphatic heterocycles. The van der Waals surface area contributed by atoms with Crippen molar-refractivity contribution in [1.29, 1.82) is 0 Å². The van der Waals surface area contributed by atoms with E-state index in [-0.39, 0.29) is 5.82 Å². The number of benzene rings is 2. The molecule has 1 saturated heterocycles. The molecular formula is C21H21FN6. The van der Waals surface area contributed by atoms with Gasteiger partial charge in [0.25, 0.3) is 0 Å². The van der Waals surface area contributed by atoms with E-state index in [9.17, 15) is 4.39 Å². The van der Waals surface area contributed by atoms with Gasteiger partial charge in [0.15, 0.2) is 5.65 Å². The van der Waals surface area contributed by atoms with Crippen LogP contribution >= 0.6 is 0 Å². The third-order valence-corrected chi connectivity index (χ3v) is 5.37. The van der Waals surface area contributed by atoms with Crippen molar-refractivity contribution in [2.45, 2.75) is 13.3 Å². The molecule has 0 aliphatic carbocycles. The molecule has 5 rings (SSSR count). The minimum atomic E-state index is -0.172. The van der Waals surface area contributed by atoms with E-state index in [4.69, 9.17) is 4.98 Å². The fraction of sp³-hybridized carbons (Fsp3) is 0.286. The van der Waals surface area contributed by atoms with E-state index in [0.717, 1.165) is 60.9 Å². The highest BCUT2D eigenvalue weighted by Gasteiger charge is 2.24. The van der Waals surface area contributed by atoms with E-state index in [2.05, 4.69) is 31.3 Å². The van der Waals surface area contributed by atoms with Gasteiger partial charge in [-0.15, -0.1) is 10.2 Å². The van der Waals surface area contributed by atoms with E-state index >= 15 is 0 Å². The number of fused-ring (bicyclic) bond motifs is 3. The Balaban J connectivity index is 1.53. The zero-order valence-corrected chi connectivity index (χ0v) is 15.7. The Morgan fingerprint density at radius 1 is 0.893 bits per heavy atom. The predicted octanol–water partition coefficient (Wildman–Crippen LogP) is 3.31. The molecular weight excluding hydrogens is 355 g/mol. The number of aryl methyl sites for hydroxylation is 1. The molecule has 2 aromatic heterocycles. The van der Waals surface area contributed by atoms with Crippen LogP contribution in [0, 0.1) is 5.82 Å². The zero-order chi connectivity index (χ0) is 19.1. The van der Waals surface area contributed by atoms with Crippen molar-refractivity contribution in [2.24, 2.45) is 0 Å². The highest BCUT2D eigenvalue weighted by molar-refractivity contribution is 5.92. The molecule has 1 fully saturated rings. The molecule has 28 heavy (non-hydrogen) atoms. The Morgan fingerprint density at radius 2 is 1.61 bits per heavy atom. The van der Waals surface area contributed by atoms with E-state index in [1.165, 1.54) is 6.07 Å². The highest BCUT2D eigenvalue weighted by Crippen LogP contribution is 2.26. The fourth-order valence-electron chi connectivity index (χ4n) is 3.92. The van der Waals surface area contributed by atoms with Gasteiger partial charge in [-0.2, -0.15) is 0 Å². The molecule has 0 atom stereocenters. The third kappa shape index (κ3) is 2.66. The topological polar surface area (TPSA) is 49.6 Å². The van der Waals surface area contributed by atoms with Gasteiger partial charge in [0.2, 0.25) is 5.95 Å². The van der Waals surface area contributed by atoms with Crippen LogP contribution in [0.15, 0.2) is 48.5 Å². The maximum Gasteiger partial charge on any atom is 0.213 e. The molecule has 3 heterocycles. The molecule has 0 unspecified atom stereocenters. The van der Waals surface area contributed by atoms with Gasteiger partial charge in [-0.25, -0.2) is 13.8 Å². The van der Waals surface area contributed by atoms with Crippen LogP contribution in [0.25, 0.3) is 16.6 Å². The Labute approximate surface area is 162 Å². The molecule has 142 valence electrons. The maximum atomic E-state index is 14.1. The first-order chi connectivity index (χ1) is 13.8. The van der Waals surface area contributed by atoms with E-state index < -0.39 is 0 Å². The smallest absolute Gasteiger partial charge is 0.213 e. The number of nitrogens with zero attached hydrogens (tertiary/aromatic N) is 6. The Bertz CT molecular complexity index is 1150. The van der Waals surface area contributed by atoms with E-state index in [1.807, 2.05) is 36.4 Å². The first-order valence-corrected chi connectivity index (χ1v) is 9.63. The summed E-state index contributed by atoms with van der Waals surface area (Å²) in [6.45, 7) is 5.07. The first kappa shape index (κ1) is 16.9. The number of rotatable bonds is 3. The quantitative estimate of drug-likeness (QED) is 0.549. The summed E-state index contributed by atoms with van der Waals surface area (Å²) in [5.41, 5.74) is 2.42. The second-order valence-electron chi connectivity index (χ2n) is 6.98. The van der Waals surface area contributed by atoms with Gasteiger partial charge in [-0.3, -0.25) is 0 Å². The third-order valence-electron chi connectivity index (χ3n) is 5.37. The Kier molecular flexibility index (Phi) is 4.07. The van der Waals surface area contributed by atoms with Crippen molar-refractivity contribution in [3.05, 3.63) is 60.2 Å². The van der Waals surface area contributed by atoms with Gasteiger partial charge in [-0.1, -0.05) is 31.2 Å². The molecule has 0 N–H and O–H groups in total. The van der Waals surface area contributed by atoms with Crippen molar-refractivity contribution in [2.75, 3.05) is 36.0 Å². The maximum absolute atomic E-state index is 14.1. The SMILES string of the molecule is CCc1nnc2c3ccccc3nc(N3CCN(c4ccccc4F)CC3)n12. The molecule has 7 heteroatoms. The summed E-state index contributed by atoms with van der Waals surface area (Å²) in [7, 11) is 0. The van der Waals surface area contributed by atoms with Crippen LogP contribution in [0.5, 0.6) is 0 Å². The molecule has 4 aromatic rings. The number of piperazine rings is 1. The number of aromatic nitrogens is 4. The summed E-state index contributed by atoms with van der Waals surface area (Å²) in [6.07, 6.45) is 0.781. The zero-order valence-electron chi connectivity index (χ0n) is 15.7. The second kappa shape index (κ2) is 6.74. The molecule has 0 radical (unpaired) electrons. The summed E-state index contributed by atoms with van der Waals surface area (Å²) in [6, 6.07) is 15.0. The average molecular weight is 376 g/mol. The van der Waals surface area contributed by atoms with Gasteiger partial charge >= 0.3 is 0 Å². The number of para-hydroxylation sites is 2. The molecule has 0 spiro atoms. The molecule has 2 aromatic carbocycles. The molecule has 6 nitrogen and oxygen atoms in total. The lowest BCUT2D eigenvalue weighted by Gasteiger charge is -2.37. The van der Waals surface area contributed by atoms with Gasteiger partial charge in [-0.05, 0) is 24.3 Å². The fourth-order valence-corrected chi connectivity index (χ4v) is 3.92. The van der Waals surface area contributed by atoms with Crippen molar-refractivity contribution in [3.8, 4) is 0 Å². The molecule has 0 bridgehead atoms. The summed E-state index contributed by atoms with van der Waals surface area (Å²) in [4.78, 5) is 9.28. The molecule has 0 amide bonds.